The Morgan fingerprint density at radius 1 is 0.552 bits per heavy atom. The first-order chi connectivity index (χ1) is 28.0. The van der Waals surface area contributed by atoms with Crippen LogP contribution in [-0.2, 0) is 32.7 Å². The minimum Gasteiger partial charge on any atom is -0.462 e. The molecule has 0 saturated heterocycles. The first-order valence-electron chi connectivity index (χ1n) is 22.7. The molecule has 58 heavy (non-hydrogen) atoms. The monoisotopic (exact) mass is 835 g/mol. The second-order valence-corrected chi connectivity index (χ2v) is 17.5. The number of carbonyl (C=O) groups is 2. The first kappa shape index (κ1) is 55.5. The first-order valence-corrected chi connectivity index (χ1v) is 24.2. The topological polar surface area (TPSA) is 108 Å². The van der Waals surface area contributed by atoms with Crippen LogP contribution in [0.25, 0.3) is 0 Å². The molecule has 0 aromatic carbocycles. The van der Waals surface area contributed by atoms with Gasteiger partial charge in [-0.15, -0.1) is 0 Å². The van der Waals surface area contributed by atoms with Crippen molar-refractivity contribution in [3.05, 3.63) is 72.9 Å². The number of esters is 2. The third-order valence-electron chi connectivity index (χ3n) is 9.22. The van der Waals surface area contributed by atoms with Gasteiger partial charge < -0.3 is 18.9 Å². The Hall–Kier alpha value is -2.55. The lowest BCUT2D eigenvalue weighted by Gasteiger charge is -2.24. The van der Waals surface area contributed by atoms with E-state index >= 15 is 0 Å². The number of likely N-dealkylation sites (N-methyl/N-ethyl adjacent to an activating group) is 1. The van der Waals surface area contributed by atoms with E-state index in [0.29, 0.717) is 23.9 Å². The van der Waals surface area contributed by atoms with Gasteiger partial charge in [0.2, 0.25) is 0 Å². The molecule has 334 valence electrons. The highest BCUT2D eigenvalue weighted by molar-refractivity contribution is 7.47. The number of hydrogen-bond acceptors (Lipinski definition) is 7. The Balaban J connectivity index is 4.41. The van der Waals surface area contributed by atoms with Gasteiger partial charge in [0.25, 0.3) is 0 Å². The van der Waals surface area contributed by atoms with Crippen LogP contribution in [0.5, 0.6) is 0 Å². The highest BCUT2D eigenvalue weighted by Gasteiger charge is 2.27. The Morgan fingerprint density at radius 3 is 1.47 bits per heavy atom. The van der Waals surface area contributed by atoms with Crippen molar-refractivity contribution < 1.29 is 42.1 Å². The fraction of sp³-hybridized carbons (Fsp3) is 0.708. The maximum Gasteiger partial charge on any atom is 0.472 e. The molecule has 0 rings (SSSR count). The number of ether oxygens (including phenoxy) is 2. The van der Waals surface area contributed by atoms with E-state index < -0.39 is 32.5 Å². The molecule has 0 radical (unpaired) electrons. The Labute approximate surface area is 355 Å². The van der Waals surface area contributed by atoms with Gasteiger partial charge in [0.05, 0.1) is 27.7 Å². The van der Waals surface area contributed by atoms with Crippen molar-refractivity contribution in [1.29, 1.82) is 0 Å². The van der Waals surface area contributed by atoms with Gasteiger partial charge in [0, 0.05) is 12.8 Å². The zero-order chi connectivity index (χ0) is 42.8. The Bertz CT molecular complexity index is 1220. The van der Waals surface area contributed by atoms with E-state index in [9.17, 15) is 19.0 Å². The van der Waals surface area contributed by atoms with Crippen molar-refractivity contribution in [1.82, 2.24) is 0 Å². The highest BCUT2D eigenvalue weighted by Crippen LogP contribution is 2.43. The summed E-state index contributed by atoms with van der Waals surface area (Å²) in [5.41, 5.74) is 0. The molecule has 1 unspecified atom stereocenters. The van der Waals surface area contributed by atoms with Crippen LogP contribution in [0.1, 0.15) is 168 Å². The summed E-state index contributed by atoms with van der Waals surface area (Å²) in [4.78, 5) is 35.4. The summed E-state index contributed by atoms with van der Waals surface area (Å²) in [6.45, 7) is 4.23. The van der Waals surface area contributed by atoms with E-state index in [1.807, 2.05) is 21.1 Å². The fourth-order valence-corrected chi connectivity index (χ4v) is 6.42. The van der Waals surface area contributed by atoms with Crippen LogP contribution in [0.2, 0.25) is 0 Å². The van der Waals surface area contributed by atoms with Gasteiger partial charge in [0.1, 0.15) is 19.8 Å². The quantitative estimate of drug-likeness (QED) is 0.0214. The van der Waals surface area contributed by atoms with Crippen LogP contribution in [0.3, 0.4) is 0 Å². The standard InChI is InChI=1S/C48H84NO8P/c1-6-8-10-12-14-16-18-20-22-24-26-28-30-32-34-36-38-40-47(50)54-44-46(45-56-58(52,53)55-43-42-49(3,4)5)57-48(51)41-39-37-35-33-31-29-27-25-23-21-19-17-15-13-11-9-7-2/h8,10,14-17,20-23,26,28,46H,6-7,9,11-13,18-19,24-25,27,29-45H2,1-5H3/p+1/b10-8-,16-14-,17-15-,22-20-,23-21-,28-26-/t46-/m1/s1. The molecular formula is C48H85NO8P+. The summed E-state index contributed by atoms with van der Waals surface area (Å²) in [6.07, 6.45) is 49.4. The summed E-state index contributed by atoms with van der Waals surface area (Å²) < 4.78 is 34.3. The van der Waals surface area contributed by atoms with Crippen LogP contribution >= 0.6 is 7.82 Å². The Morgan fingerprint density at radius 2 is 0.983 bits per heavy atom. The number of allylic oxidation sites excluding steroid dienone is 12. The molecule has 0 saturated carbocycles. The van der Waals surface area contributed by atoms with Crippen molar-refractivity contribution in [3.63, 3.8) is 0 Å². The van der Waals surface area contributed by atoms with E-state index in [-0.39, 0.29) is 26.1 Å². The summed E-state index contributed by atoms with van der Waals surface area (Å²) in [5.74, 6) is -0.841. The second kappa shape index (κ2) is 39.9. The maximum absolute atomic E-state index is 12.7. The predicted molar refractivity (Wildman–Crippen MR) is 242 cm³/mol. The smallest absolute Gasteiger partial charge is 0.462 e. The number of rotatable bonds is 40. The summed E-state index contributed by atoms with van der Waals surface area (Å²) in [6, 6.07) is 0. The van der Waals surface area contributed by atoms with Crippen molar-refractivity contribution in [2.75, 3.05) is 47.5 Å². The lowest BCUT2D eigenvalue weighted by Crippen LogP contribution is -2.37. The largest absolute Gasteiger partial charge is 0.472 e. The molecule has 0 fully saturated rings. The third kappa shape index (κ3) is 43.0. The molecule has 0 aliphatic rings. The SMILES string of the molecule is CC/C=C\C/C=C\C/C=C\C/C=C\CCCCCCC(=O)OC[C@H](COP(=O)(O)OCC[N+](C)(C)C)OC(=O)CCCCCCCCC/C=C\C/C=C\CCCCC. The van der Waals surface area contributed by atoms with Crippen LogP contribution in [-0.4, -0.2) is 74.9 Å². The normalized spacial score (nSPS) is 14.2. The number of nitrogens with zero attached hydrogens (tertiary/aromatic N) is 1. The second-order valence-electron chi connectivity index (χ2n) is 16.0. The molecule has 10 heteroatoms. The number of carbonyl (C=O) groups excluding carboxylic acids is 2. The molecule has 0 aliphatic carbocycles. The van der Waals surface area contributed by atoms with Crippen LogP contribution < -0.4 is 0 Å². The van der Waals surface area contributed by atoms with Gasteiger partial charge in [-0.2, -0.15) is 0 Å². The number of hydrogen-bond donors (Lipinski definition) is 1. The third-order valence-corrected chi connectivity index (χ3v) is 10.2. The molecule has 1 N–H and O–H groups in total. The lowest BCUT2D eigenvalue weighted by atomic mass is 10.1. The zero-order valence-corrected chi connectivity index (χ0v) is 38.4. The van der Waals surface area contributed by atoms with Crippen molar-refractivity contribution in [2.45, 2.75) is 174 Å². The van der Waals surface area contributed by atoms with E-state index in [1.54, 1.807) is 0 Å². The van der Waals surface area contributed by atoms with Gasteiger partial charge in [-0.05, 0) is 83.5 Å². The zero-order valence-electron chi connectivity index (χ0n) is 37.5. The Kier molecular flexibility index (Phi) is 38.1. The molecular weight excluding hydrogens is 750 g/mol. The molecule has 0 amide bonds. The average Bonchev–Trinajstić information content (AvgIpc) is 3.17. The molecule has 0 aromatic heterocycles. The van der Waals surface area contributed by atoms with Crippen molar-refractivity contribution in [3.8, 4) is 0 Å². The van der Waals surface area contributed by atoms with Gasteiger partial charge >= 0.3 is 19.8 Å². The van der Waals surface area contributed by atoms with Gasteiger partial charge in [-0.3, -0.25) is 18.6 Å². The van der Waals surface area contributed by atoms with Crippen LogP contribution in [0, 0.1) is 0 Å². The molecule has 9 nitrogen and oxygen atoms in total. The van der Waals surface area contributed by atoms with E-state index in [0.717, 1.165) is 83.5 Å². The minimum absolute atomic E-state index is 0.0222. The van der Waals surface area contributed by atoms with Gasteiger partial charge in [-0.1, -0.05) is 145 Å². The molecule has 0 aliphatic heterocycles. The number of unbranched alkanes of at least 4 members (excludes halogenated alkanes) is 14. The fourth-order valence-electron chi connectivity index (χ4n) is 5.68. The summed E-state index contributed by atoms with van der Waals surface area (Å²) >= 11 is 0. The van der Waals surface area contributed by atoms with E-state index in [4.69, 9.17) is 18.5 Å². The lowest BCUT2D eigenvalue weighted by molar-refractivity contribution is -0.870. The minimum atomic E-state index is -4.39. The molecule has 2 atom stereocenters. The maximum atomic E-state index is 12.7. The van der Waals surface area contributed by atoms with Crippen LogP contribution in [0.15, 0.2) is 72.9 Å². The predicted octanol–water partition coefficient (Wildman–Crippen LogP) is 13.0. The van der Waals surface area contributed by atoms with Crippen LogP contribution in [0.4, 0.5) is 0 Å². The molecule has 0 aromatic rings. The van der Waals surface area contributed by atoms with Gasteiger partial charge in [-0.25, -0.2) is 4.57 Å². The molecule has 0 bridgehead atoms. The molecule has 0 spiro atoms. The summed E-state index contributed by atoms with van der Waals surface area (Å²) in [5, 5.41) is 0. The average molecular weight is 835 g/mol. The van der Waals surface area contributed by atoms with Crippen molar-refractivity contribution >= 4 is 19.8 Å². The number of phosphoric ester groups is 1. The van der Waals surface area contributed by atoms with Crippen molar-refractivity contribution in [2.24, 2.45) is 0 Å². The number of quaternary nitrogens is 1. The van der Waals surface area contributed by atoms with Gasteiger partial charge in [0.15, 0.2) is 6.10 Å². The number of phosphoric acid groups is 1. The van der Waals surface area contributed by atoms with E-state index in [2.05, 4.69) is 86.8 Å². The summed E-state index contributed by atoms with van der Waals surface area (Å²) in [7, 11) is 1.44. The van der Waals surface area contributed by atoms with E-state index in [1.165, 1.54) is 44.9 Å². The highest BCUT2D eigenvalue weighted by atomic mass is 31.2. The molecule has 0 heterocycles.